The third-order valence-corrected chi connectivity index (χ3v) is 4.27. The van der Waals surface area contributed by atoms with Gasteiger partial charge in [0, 0.05) is 11.8 Å². The van der Waals surface area contributed by atoms with Crippen LogP contribution in [0.3, 0.4) is 0 Å². The molecule has 2 nitrogen and oxygen atoms in total. The summed E-state index contributed by atoms with van der Waals surface area (Å²) in [5, 5.41) is 1.14. The minimum absolute atomic E-state index is 0.877. The quantitative estimate of drug-likeness (QED) is 0.672. The Morgan fingerprint density at radius 1 is 1.00 bits per heavy atom. The lowest BCUT2D eigenvalue weighted by molar-refractivity contribution is 0.414. The van der Waals surface area contributed by atoms with Gasteiger partial charge in [-0.05, 0) is 52.2 Å². The first kappa shape index (κ1) is 13.3. The highest BCUT2D eigenvalue weighted by molar-refractivity contribution is 9.10. The van der Waals surface area contributed by atoms with Crippen LogP contribution in [0.15, 0.2) is 57.4 Å². The van der Waals surface area contributed by atoms with E-state index >= 15 is 0 Å². The second kappa shape index (κ2) is 5.71. The highest BCUT2D eigenvalue weighted by Crippen LogP contribution is 2.31. The number of hydrogen-bond acceptors (Lipinski definition) is 2. The molecule has 0 saturated heterocycles. The number of methoxy groups -OCH3 is 1. The summed E-state index contributed by atoms with van der Waals surface area (Å²) in [5.41, 5.74) is 2.21. The zero-order valence-corrected chi connectivity index (χ0v) is 12.8. The molecule has 0 radical (unpaired) electrons. The Morgan fingerprint density at radius 2 is 1.75 bits per heavy atom. The number of rotatable bonds is 4. The molecule has 0 fully saturated rings. The molecule has 0 unspecified atom stereocenters. The Kier molecular flexibility index (Phi) is 3.79. The van der Waals surface area contributed by atoms with Gasteiger partial charge in [-0.2, -0.15) is 0 Å². The molecule has 0 atom stereocenters. The summed E-state index contributed by atoms with van der Waals surface area (Å²) in [6.45, 7) is 0. The Hall–Kier alpha value is -1.74. The van der Waals surface area contributed by atoms with Crippen molar-refractivity contribution in [2.45, 2.75) is 12.8 Å². The van der Waals surface area contributed by atoms with Gasteiger partial charge in [0.1, 0.15) is 17.1 Å². The molecule has 0 amide bonds. The van der Waals surface area contributed by atoms with Gasteiger partial charge in [0.05, 0.1) is 11.6 Å². The Bertz CT molecular complexity index is 713. The number of fused-ring (bicyclic) bond motifs is 1. The van der Waals surface area contributed by atoms with E-state index < -0.39 is 0 Å². The van der Waals surface area contributed by atoms with Crippen LogP contribution in [0.25, 0.3) is 11.0 Å². The van der Waals surface area contributed by atoms with Crippen molar-refractivity contribution in [3.63, 3.8) is 0 Å². The van der Waals surface area contributed by atoms with Crippen LogP contribution < -0.4 is 4.74 Å². The second-order valence-corrected chi connectivity index (χ2v) is 5.48. The SMILES string of the molecule is COc1ccc(CCc2oc3ccccc3c2Br)cc1. The molecular formula is C17H15BrO2. The maximum Gasteiger partial charge on any atom is 0.135 e. The molecule has 1 heterocycles. The molecule has 3 aromatic rings. The highest BCUT2D eigenvalue weighted by atomic mass is 79.9. The van der Waals surface area contributed by atoms with Crippen molar-refractivity contribution >= 4 is 26.9 Å². The van der Waals surface area contributed by atoms with Gasteiger partial charge in [0.25, 0.3) is 0 Å². The molecule has 102 valence electrons. The topological polar surface area (TPSA) is 22.4 Å². The van der Waals surface area contributed by atoms with Gasteiger partial charge in [-0.25, -0.2) is 0 Å². The van der Waals surface area contributed by atoms with Crippen molar-refractivity contribution in [2.75, 3.05) is 7.11 Å². The number of para-hydroxylation sites is 1. The zero-order chi connectivity index (χ0) is 13.9. The first-order valence-electron chi connectivity index (χ1n) is 6.57. The van der Waals surface area contributed by atoms with E-state index in [-0.39, 0.29) is 0 Å². The molecule has 0 aliphatic rings. The monoisotopic (exact) mass is 330 g/mol. The van der Waals surface area contributed by atoms with Crippen molar-refractivity contribution in [3.05, 3.63) is 64.3 Å². The molecule has 0 N–H and O–H groups in total. The number of halogens is 1. The van der Waals surface area contributed by atoms with E-state index in [0.717, 1.165) is 39.8 Å². The Morgan fingerprint density at radius 3 is 2.45 bits per heavy atom. The molecule has 0 bridgehead atoms. The summed E-state index contributed by atoms with van der Waals surface area (Å²) in [5.74, 6) is 1.89. The minimum atomic E-state index is 0.877. The number of aryl methyl sites for hydroxylation is 2. The highest BCUT2D eigenvalue weighted by Gasteiger charge is 2.11. The van der Waals surface area contributed by atoms with E-state index in [4.69, 9.17) is 9.15 Å². The average molecular weight is 331 g/mol. The summed E-state index contributed by atoms with van der Waals surface area (Å²) in [4.78, 5) is 0. The molecule has 0 saturated carbocycles. The van der Waals surface area contributed by atoms with E-state index in [1.807, 2.05) is 30.3 Å². The van der Waals surface area contributed by atoms with Crippen molar-refractivity contribution in [1.82, 2.24) is 0 Å². The van der Waals surface area contributed by atoms with Gasteiger partial charge in [-0.15, -0.1) is 0 Å². The van der Waals surface area contributed by atoms with E-state index in [0.29, 0.717) is 0 Å². The van der Waals surface area contributed by atoms with Crippen LogP contribution in [0.5, 0.6) is 5.75 Å². The van der Waals surface area contributed by atoms with Crippen molar-refractivity contribution in [2.24, 2.45) is 0 Å². The maximum absolute atomic E-state index is 5.89. The van der Waals surface area contributed by atoms with Gasteiger partial charge >= 0.3 is 0 Å². The lowest BCUT2D eigenvalue weighted by Gasteiger charge is -2.02. The van der Waals surface area contributed by atoms with E-state index in [1.165, 1.54) is 5.56 Å². The number of furan rings is 1. The van der Waals surface area contributed by atoms with Crippen LogP contribution in [0, 0.1) is 0 Å². The van der Waals surface area contributed by atoms with Crippen LogP contribution in [0.1, 0.15) is 11.3 Å². The van der Waals surface area contributed by atoms with Gasteiger partial charge in [-0.1, -0.05) is 24.3 Å². The molecule has 0 aliphatic heterocycles. The fourth-order valence-electron chi connectivity index (χ4n) is 2.28. The van der Waals surface area contributed by atoms with Gasteiger partial charge in [0.2, 0.25) is 0 Å². The average Bonchev–Trinajstić information content (AvgIpc) is 2.83. The summed E-state index contributed by atoms with van der Waals surface area (Å²) in [7, 11) is 1.68. The summed E-state index contributed by atoms with van der Waals surface area (Å²) in [6, 6.07) is 16.2. The smallest absolute Gasteiger partial charge is 0.135 e. The van der Waals surface area contributed by atoms with Gasteiger partial charge < -0.3 is 9.15 Å². The lowest BCUT2D eigenvalue weighted by Crippen LogP contribution is -1.91. The summed E-state index contributed by atoms with van der Waals surface area (Å²) < 4.78 is 12.1. The Balaban J connectivity index is 1.77. The molecular weight excluding hydrogens is 316 g/mol. The predicted octanol–water partition coefficient (Wildman–Crippen LogP) is 4.99. The largest absolute Gasteiger partial charge is 0.497 e. The predicted molar refractivity (Wildman–Crippen MR) is 84.3 cm³/mol. The molecule has 3 rings (SSSR count). The first-order chi connectivity index (χ1) is 9.78. The van der Waals surface area contributed by atoms with Crippen LogP contribution >= 0.6 is 15.9 Å². The third kappa shape index (κ3) is 2.59. The molecule has 20 heavy (non-hydrogen) atoms. The third-order valence-electron chi connectivity index (χ3n) is 3.40. The molecule has 1 aromatic heterocycles. The molecule has 3 heteroatoms. The second-order valence-electron chi connectivity index (χ2n) is 4.68. The van der Waals surface area contributed by atoms with Crippen molar-refractivity contribution < 1.29 is 9.15 Å². The molecule has 0 spiro atoms. The van der Waals surface area contributed by atoms with Crippen LogP contribution in [-0.2, 0) is 12.8 Å². The fraction of sp³-hybridized carbons (Fsp3) is 0.176. The fourth-order valence-corrected chi connectivity index (χ4v) is 2.88. The molecule has 2 aromatic carbocycles. The van der Waals surface area contributed by atoms with E-state index in [9.17, 15) is 0 Å². The van der Waals surface area contributed by atoms with Gasteiger partial charge in [0.15, 0.2) is 0 Å². The van der Waals surface area contributed by atoms with Crippen LogP contribution in [-0.4, -0.2) is 7.11 Å². The number of benzene rings is 2. The first-order valence-corrected chi connectivity index (χ1v) is 7.36. The summed E-state index contributed by atoms with van der Waals surface area (Å²) in [6.07, 6.45) is 1.82. The molecule has 0 aliphatic carbocycles. The minimum Gasteiger partial charge on any atom is -0.497 e. The zero-order valence-electron chi connectivity index (χ0n) is 11.2. The van der Waals surface area contributed by atoms with E-state index in [1.54, 1.807) is 7.11 Å². The number of hydrogen-bond donors (Lipinski definition) is 0. The Labute approximate surface area is 126 Å². The van der Waals surface area contributed by atoms with Crippen molar-refractivity contribution in [1.29, 1.82) is 0 Å². The van der Waals surface area contributed by atoms with Crippen LogP contribution in [0.2, 0.25) is 0 Å². The van der Waals surface area contributed by atoms with E-state index in [2.05, 4.69) is 34.1 Å². The van der Waals surface area contributed by atoms with Gasteiger partial charge in [-0.3, -0.25) is 0 Å². The normalized spacial score (nSPS) is 10.9. The van der Waals surface area contributed by atoms with Crippen LogP contribution in [0.4, 0.5) is 0 Å². The maximum atomic E-state index is 5.89. The lowest BCUT2D eigenvalue weighted by atomic mass is 10.1. The number of ether oxygens (including phenoxy) is 1. The standard InChI is InChI=1S/C17H15BrO2/c1-19-13-9-6-12(7-10-13)8-11-16-17(18)14-4-2-3-5-15(14)20-16/h2-7,9-10H,8,11H2,1H3. The summed E-state index contributed by atoms with van der Waals surface area (Å²) >= 11 is 3.63. The van der Waals surface area contributed by atoms with Crippen molar-refractivity contribution in [3.8, 4) is 5.75 Å².